The van der Waals surface area contributed by atoms with E-state index in [1.165, 1.54) is 25.9 Å². The predicted octanol–water partition coefficient (Wildman–Crippen LogP) is 2.21. The van der Waals surface area contributed by atoms with E-state index in [2.05, 4.69) is 4.90 Å². The summed E-state index contributed by atoms with van der Waals surface area (Å²) in [6, 6.07) is 7.70. The van der Waals surface area contributed by atoms with Gasteiger partial charge in [-0.3, -0.25) is 4.90 Å². The number of nitrogens with zero attached hydrogens (tertiary/aromatic N) is 1. The molecule has 1 heterocycles. The van der Waals surface area contributed by atoms with Gasteiger partial charge < -0.3 is 9.84 Å². The van der Waals surface area contributed by atoms with Gasteiger partial charge in [0.05, 0.1) is 6.10 Å². The number of para-hydroxylation sites is 1. The molecule has 0 aliphatic carbocycles. The molecule has 1 aliphatic rings. The molecule has 0 radical (unpaired) electrons. The Labute approximate surface area is 103 Å². The van der Waals surface area contributed by atoms with Crippen molar-refractivity contribution >= 4 is 0 Å². The fourth-order valence-electron chi connectivity index (χ4n) is 2.25. The lowest BCUT2D eigenvalue weighted by molar-refractivity contribution is 0.186. The van der Waals surface area contributed by atoms with Crippen LogP contribution in [0, 0.1) is 0 Å². The summed E-state index contributed by atoms with van der Waals surface area (Å²) < 4.78 is 5.76. The molecule has 1 aromatic carbocycles. The summed E-state index contributed by atoms with van der Waals surface area (Å²) in [7, 11) is 0. The van der Waals surface area contributed by atoms with E-state index in [1.54, 1.807) is 6.92 Å². The Balaban J connectivity index is 1.85. The molecule has 2 rings (SSSR count). The number of hydrogen-bond donors (Lipinski definition) is 1. The Hall–Kier alpha value is -1.06. The van der Waals surface area contributed by atoms with Gasteiger partial charge in [0.15, 0.2) is 0 Å². The summed E-state index contributed by atoms with van der Waals surface area (Å²) in [6.45, 7) is 5.84. The average Bonchev–Trinajstić information content (AvgIpc) is 2.82. The van der Waals surface area contributed by atoms with Gasteiger partial charge in [-0.05, 0) is 38.9 Å². The van der Waals surface area contributed by atoms with Gasteiger partial charge in [-0.2, -0.15) is 0 Å². The van der Waals surface area contributed by atoms with E-state index in [-0.39, 0.29) is 0 Å². The predicted molar refractivity (Wildman–Crippen MR) is 68.2 cm³/mol. The van der Waals surface area contributed by atoms with E-state index in [4.69, 9.17) is 4.74 Å². The zero-order valence-electron chi connectivity index (χ0n) is 10.4. The van der Waals surface area contributed by atoms with Crippen molar-refractivity contribution in [3.8, 4) is 5.75 Å². The molecular formula is C14H21NO2. The van der Waals surface area contributed by atoms with E-state index in [1.807, 2.05) is 24.3 Å². The largest absolute Gasteiger partial charge is 0.492 e. The summed E-state index contributed by atoms with van der Waals surface area (Å²) in [5.41, 5.74) is 0.869. The lowest BCUT2D eigenvalue weighted by Crippen LogP contribution is -2.25. The highest BCUT2D eigenvalue weighted by molar-refractivity contribution is 5.34. The SMILES string of the molecule is C[C@@H](O)c1ccccc1OCCN1CCCC1. The molecule has 0 bridgehead atoms. The lowest BCUT2D eigenvalue weighted by atomic mass is 10.1. The second kappa shape index (κ2) is 6.03. The van der Waals surface area contributed by atoms with Gasteiger partial charge in [-0.15, -0.1) is 0 Å². The minimum atomic E-state index is -0.474. The van der Waals surface area contributed by atoms with Gasteiger partial charge >= 0.3 is 0 Å². The van der Waals surface area contributed by atoms with Crippen LogP contribution in [0.2, 0.25) is 0 Å². The molecule has 1 atom stereocenters. The Morgan fingerprint density at radius 1 is 1.29 bits per heavy atom. The summed E-state index contributed by atoms with van der Waals surface area (Å²) in [5, 5.41) is 9.62. The molecule has 3 nitrogen and oxygen atoms in total. The molecule has 3 heteroatoms. The van der Waals surface area contributed by atoms with Crippen LogP contribution in [0.25, 0.3) is 0 Å². The first-order valence-corrected chi connectivity index (χ1v) is 6.39. The number of hydrogen-bond acceptors (Lipinski definition) is 3. The van der Waals surface area contributed by atoms with Crippen LogP contribution in [0.5, 0.6) is 5.75 Å². The molecule has 1 N–H and O–H groups in total. The summed E-state index contributed by atoms with van der Waals surface area (Å²) in [4.78, 5) is 2.42. The number of aliphatic hydroxyl groups excluding tert-OH is 1. The van der Waals surface area contributed by atoms with Crippen LogP contribution in [-0.4, -0.2) is 36.2 Å². The monoisotopic (exact) mass is 235 g/mol. The number of aliphatic hydroxyl groups is 1. The second-order valence-corrected chi connectivity index (χ2v) is 4.61. The smallest absolute Gasteiger partial charge is 0.125 e. The highest BCUT2D eigenvalue weighted by Gasteiger charge is 2.12. The molecule has 1 saturated heterocycles. The fraction of sp³-hybridized carbons (Fsp3) is 0.571. The molecule has 0 spiro atoms. The maximum atomic E-state index is 9.62. The van der Waals surface area contributed by atoms with Gasteiger partial charge in [0.25, 0.3) is 0 Å². The van der Waals surface area contributed by atoms with Crippen molar-refractivity contribution in [2.24, 2.45) is 0 Å². The van der Waals surface area contributed by atoms with E-state index in [9.17, 15) is 5.11 Å². The third-order valence-electron chi connectivity index (χ3n) is 3.23. The number of rotatable bonds is 5. The highest BCUT2D eigenvalue weighted by Crippen LogP contribution is 2.24. The van der Waals surface area contributed by atoms with Crippen LogP contribution in [0.1, 0.15) is 31.4 Å². The molecule has 94 valence electrons. The van der Waals surface area contributed by atoms with Crippen LogP contribution < -0.4 is 4.74 Å². The van der Waals surface area contributed by atoms with Crippen LogP contribution in [0.4, 0.5) is 0 Å². The molecule has 1 aromatic rings. The third kappa shape index (κ3) is 3.45. The maximum Gasteiger partial charge on any atom is 0.125 e. The van der Waals surface area contributed by atoms with Crippen LogP contribution in [-0.2, 0) is 0 Å². The van der Waals surface area contributed by atoms with Crippen molar-refractivity contribution in [1.29, 1.82) is 0 Å². The lowest BCUT2D eigenvalue weighted by Gasteiger charge is -2.17. The first kappa shape index (κ1) is 12.4. The molecular weight excluding hydrogens is 214 g/mol. The first-order valence-electron chi connectivity index (χ1n) is 6.39. The first-order chi connectivity index (χ1) is 8.27. The summed E-state index contributed by atoms with van der Waals surface area (Å²) in [6.07, 6.45) is 2.15. The fourth-order valence-corrected chi connectivity index (χ4v) is 2.25. The second-order valence-electron chi connectivity index (χ2n) is 4.61. The van der Waals surface area contributed by atoms with Gasteiger partial charge in [0.1, 0.15) is 12.4 Å². The third-order valence-corrected chi connectivity index (χ3v) is 3.23. The molecule has 0 saturated carbocycles. The molecule has 17 heavy (non-hydrogen) atoms. The standard InChI is InChI=1S/C14H21NO2/c1-12(16)13-6-2-3-7-14(13)17-11-10-15-8-4-5-9-15/h2-3,6-7,12,16H,4-5,8-11H2,1H3/t12-/m1/s1. The van der Waals surface area contributed by atoms with E-state index >= 15 is 0 Å². The van der Waals surface area contributed by atoms with Crippen LogP contribution in [0.15, 0.2) is 24.3 Å². The topological polar surface area (TPSA) is 32.7 Å². The quantitative estimate of drug-likeness (QED) is 0.849. The zero-order chi connectivity index (χ0) is 12.1. The number of ether oxygens (including phenoxy) is 1. The minimum absolute atomic E-state index is 0.474. The minimum Gasteiger partial charge on any atom is -0.492 e. The normalized spacial score (nSPS) is 18.2. The van der Waals surface area contributed by atoms with Crippen molar-refractivity contribution in [3.05, 3.63) is 29.8 Å². The Bertz CT molecular complexity index is 346. The number of likely N-dealkylation sites (tertiary alicyclic amines) is 1. The Morgan fingerprint density at radius 2 is 2.00 bits per heavy atom. The molecule has 1 fully saturated rings. The highest BCUT2D eigenvalue weighted by atomic mass is 16.5. The average molecular weight is 235 g/mol. The van der Waals surface area contributed by atoms with Crippen molar-refractivity contribution in [3.63, 3.8) is 0 Å². The van der Waals surface area contributed by atoms with Crippen LogP contribution >= 0.6 is 0 Å². The molecule has 0 amide bonds. The van der Waals surface area contributed by atoms with Crippen molar-refractivity contribution < 1.29 is 9.84 Å². The van der Waals surface area contributed by atoms with Crippen molar-refractivity contribution in [2.75, 3.05) is 26.2 Å². The molecule has 0 aromatic heterocycles. The van der Waals surface area contributed by atoms with E-state index in [0.29, 0.717) is 6.61 Å². The summed E-state index contributed by atoms with van der Waals surface area (Å²) >= 11 is 0. The molecule has 0 unspecified atom stereocenters. The maximum absolute atomic E-state index is 9.62. The Kier molecular flexibility index (Phi) is 4.40. The number of benzene rings is 1. The van der Waals surface area contributed by atoms with E-state index in [0.717, 1.165) is 17.9 Å². The van der Waals surface area contributed by atoms with Gasteiger partial charge in [-0.25, -0.2) is 0 Å². The van der Waals surface area contributed by atoms with Gasteiger partial charge in [0, 0.05) is 12.1 Å². The van der Waals surface area contributed by atoms with E-state index < -0.39 is 6.10 Å². The summed E-state index contributed by atoms with van der Waals surface area (Å²) in [5.74, 6) is 0.807. The van der Waals surface area contributed by atoms with Crippen molar-refractivity contribution in [1.82, 2.24) is 4.90 Å². The van der Waals surface area contributed by atoms with Crippen LogP contribution in [0.3, 0.4) is 0 Å². The Morgan fingerprint density at radius 3 is 2.71 bits per heavy atom. The molecule has 1 aliphatic heterocycles. The zero-order valence-corrected chi connectivity index (χ0v) is 10.4. The van der Waals surface area contributed by atoms with Gasteiger partial charge in [0.2, 0.25) is 0 Å². The van der Waals surface area contributed by atoms with Gasteiger partial charge in [-0.1, -0.05) is 18.2 Å². The van der Waals surface area contributed by atoms with Crippen molar-refractivity contribution in [2.45, 2.75) is 25.9 Å².